The summed E-state index contributed by atoms with van der Waals surface area (Å²) in [4.78, 5) is 10.4. The van der Waals surface area contributed by atoms with Gasteiger partial charge in [0, 0.05) is 0 Å². The summed E-state index contributed by atoms with van der Waals surface area (Å²) in [5, 5.41) is 0. The molecule has 4 heteroatoms. The van der Waals surface area contributed by atoms with E-state index in [1.54, 1.807) is 0 Å². The molecule has 1 aliphatic heterocycles. The van der Waals surface area contributed by atoms with Gasteiger partial charge in [-0.2, -0.15) is 0 Å². The van der Waals surface area contributed by atoms with Crippen LogP contribution in [0.2, 0.25) is 0 Å². The lowest BCUT2D eigenvalue weighted by molar-refractivity contribution is -0.138. The first kappa shape index (κ1) is 7.21. The molecule has 1 heterocycles. The molecule has 0 bridgehead atoms. The number of hydrogen-bond acceptors (Lipinski definition) is 3. The van der Waals surface area contributed by atoms with Gasteiger partial charge in [0.2, 0.25) is 0 Å². The normalized spacial score (nSPS) is 23.1. The zero-order valence-corrected chi connectivity index (χ0v) is 5.25. The van der Waals surface area contributed by atoms with Crippen LogP contribution in [0.5, 0.6) is 0 Å². The Bertz CT molecular complexity index is 151. The van der Waals surface area contributed by atoms with E-state index in [4.69, 9.17) is 4.74 Å². The van der Waals surface area contributed by atoms with E-state index >= 15 is 0 Å². The van der Waals surface area contributed by atoms with Gasteiger partial charge >= 0.3 is 5.97 Å². The third-order valence-electron chi connectivity index (χ3n) is 1.01. The number of ether oxygens (including phenoxy) is 2. The van der Waals surface area contributed by atoms with Crippen LogP contribution >= 0.6 is 0 Å². The molecule has 0 spiro atoms. The fourth-order valence-corrected chi connectivity index (χ4v) is 0.439. The van der Waals surface area contributed by atoms with Crippen molar-refractivity contribution in [3.8, 4) is 0 Å². The number of carbonyl (C=O) groups is 1. The molecular weight excluding hydrogens is 139 g/mol. The first-order valence-corrected chi connectivity index (χ1v) is 2.88. The van der Waals surface area contributed by atoms with E-state index in [0.29, 0.717) is 6.61 Å². The summed E-state index contributed by atoms with van der Waals surface area (Å²) in [6.45, 7) is 0.857. The summed E-state index contributed by atoms with van der Waals surface area (Å²) >= 11 is 0. The van der Waals surface area contributed by atoms with Crippen molar-refractivity contribution in [2.75, 3.05) is 13.2 Å². The molecule has 0 aliphatic carbocycles. The Kier molecular flexibility index (Phi) is 2.39. The lowest BCUT2D eigenvalue weighted by Crippen LogP contribution is -2.06. The summed E-state index contributed by atoms with van der Waals surface area (Å²) < 4.78 is 20.5. The maximum atomic E-state index is 11.3. The number of hydrogen-bond donors (Lipinski definition) is 0. The second-order valence-corrected chi connectivity index (χ2v) is 1.88. The molecule has 1 rings (SSSR count). The molecule has 1 saturated heterocycles. The van der Waals surface area contributed by atoms with E-state index < -0.39 is 5.97 Å². The van der Waals surface area contributed by atoms with Crippen molar-refractivity contribution >= 4 is 5.97 Å². The van der Waals surface area contributed by atoms with Crippen LogP contribution in [0.25, 0.3) is 0 Å². The van der Waals surface area contributed by atoms with Crippen molar-refractivity contribution in [2.24, 2.45) is 0 Å². The molecule has 1 atom stereocenters. The molecule has 0 amide bonds. The predicted molar refractivity (Wildman–Crippen MR) is 30.9 cm³/mol. The summed E-state index contributed by atoms with van der Waals surface area (Å²) in [7, 11) is 0. The molecule has 0 saturated carbocycles. The average molecular weight is 146 g/mol. The van der Waals surface area contributed by atoms with Gasteiger partial charge in [-0.25, -0.2) is 9.18 Å². The predicted octanol–water partition coefficient (Wildman–Crippen LogP) is 0.412. The lowest BCUT2D eigenvalue weighted by Gasteiger charge is -1.94. The standard InChI is InChI=1S/C6H7FO3/c7-2-1-6(8)10-4-5-3-9-5/h1-2,5H,3-4H2. The molecule has 56 valence electrons. The third kappa shape index (κ3) is 2.59. The van der Waals surface area contributed by atoms with Gasteiger partial charge in [-0.3, -0.25) is 0 Å². The third-order valence-corrected chi connectivity index (χ3v) is 1.01. The van der Waals surface area contributed by atoms with E-state index in [2.05, 4.69) is 4.74 Å². The van der Waals surface area contributed by atoms with Gasteiger partial charge in [0.15, 0.2) is 0 Å². The van der Waals surface area contributed by atoms with Crippen molar-refractivity contribution in [3.05, 3.63) is 12.4 Å². The van der Waals surface area contributed by atoms with Gasteiger partial charge < -0.3 is 9.47 Å². The molecular formula is C6H7FO3. The largest absolute Gasteiger partial charge is 0.460 e. The molecule has 1 aliphatic rings. The van der Waals surface area contributed by atoms with E-state index in [0.717, 1.165) is 6.08 Å². The maximum Gasteiger partial charge on any atom is 0.333 e. The van der Waals surface area contributed by atoms with Crippen molar-refractivity contribution in [3.63, 3.8) is 0 Å². The number of halogens is 1. The van der Waals surface area contributed by atoms with Crippen LogP contribution in [0.4, 0.5) is 4.39 Å². The number of rotatable bonds is 3. The minimum Gasteiger partial charge on any atom is -0.460 e. The van der Waals surface area contributed by atoms with Gasteiger partial charge in [-0.05, 0) is 0 Å². The number of carbonyl (C=O) groups excluding carboxylic acids is 1. The van der Waals surface area contributed by atoms with Gasteiger partial charge in [0.05, 0.1) is 19.0 Å². The lowest BCUT2D eigenvalue weighted by atomic mass is 10.5. The SMILES string of the molecule is O=C(C=CF)OCC1CO1. The Hall–Kier alpha value is -0.900. The molecule has 0 aromatic rings. The quantitative estimate of drug-likeness (QED) is 0.329. The van der Waals surface area contributed by atoms with E-state index in [1.165, 1.54) is 0 Å². The highest BCUT2D eigenvalue weighted by molar-refractivity contribution is 5.81. The summed E-state index contributed by atoms with van der Waals surface area (Å²) in [6, 6.07) is 0. The van der Waals surface area contributed by atoms with Crippen molar-refractivity contribution < 1.29 is 18.7 Å². The Balaban J connectivity index is 2.05. The highest BCUT2D eigenvalue weighted by atomic mass is 19.1. The topological polar surface area (TPSA) is 38.8 Å². The number of esters is 1. The Labute approximate surface area is 57.4 Å². The Morgan fingerprint density at radius 2 is 2.60 bits per heavy atom. The summed E-state index contributed by atoms with van der Waals surface area (Å²) in [5.74, 6) is -0.669. The smallest absolute Gasteiger partial charge is 0.333 e. The zero-order valence-electron chi connectivity index (χ0n) is 5.25. The first-order valence-electron chi connectivity index (χ1n) is 2.88. The molecule has 0 radical (unpaired) electrons. The molecule has 3 nitrogen and oxygen atoms in total. The molecule has 0 aromatic heterocycles. The van der Waals surface area contributed by atoms with Crippen LogP contribution in [0.1, 0.15) is 0 Å². The Morgan fingerprint density at radius 1 is 1.90 bits per heavy atom. The highest BCUT2D eigenvalue weighted by Gasteiger charge is 2.23. The van der Waals surface area contributed by atoms with Crippen LogP contribution in [-0.2, 0) is 14.3 Å². The molecule has 10 heavy (non-hydrogen) atoms. The van der Waals surface area contributed by atoms with Gasteiger partial charge in [0.1, 0.15) is 12.7 Å². The monoisotopic (exact) mass is 146 g/mol. The maximum absolute atomic E-state index is 11.3. The summed E-state index contributed by atoms with van der Waals surface area (Å²) in [5.41, 5.74) is 0. The fraction of sp³-hybridized carbons (Fsp3) is 0.500. The molecule has 1 fully saturated rings. The second-order valence-electron chi connectivity index (χ2n) is 1.88. The number of epoxide rings is 1. The first-order chi connectivity index (χ1) is 4.83. The highest BCUT2D eigenvalue weighted by Crippen LogP contribution is 2.08. The van der Waals surface area contributed by atoms with Crippen LogP contribution in [0, 0.1) is 0 Å². The van der Waals surface area contributed by atoms with E-state index in [1.807, 2.05) is 0 Å². The van der Waals surface area contributed by atoms with Crippen molar-refractivity contribution in [1.29, 1.82) is 0 Å². The van der Waals surface area contributed by atoms with Crippen LogP contribution in [0.15, 0.2) is 12.4 Å². The van der Waals surface area contributed by atoms with E-state index in [9.17, 15) is 9.18 Å². The summed E-state index contributed by atoms with van der Waals surface area (Å²) in [6.07, 6.45) is 0.912. The van der Waals surface area contributed by atoms with E-state index in [-0.39, 0.29) is 19.0 Å². The van der Waals surface area contributed by atoms with Crippen LogP contribution in [-0.4, -0.2) is 25.3 Å². The van der Waals surface area contributed by atoms with Crippen molar-refractivity contribution in [2.45, 2.75) is 6.10 Å². The second kappa shape index (κ2) is 3.31. The molecule has 0 N–H and O–H groups in total. The molecule has 1 unspecified atom stereocenters. The van der Waals surface area contributed by atoms with Gasteiger partial charge in [-0.15, -0.1) is 0 Å². The van der Waals surface area contributed by atoms with Crippen molar-refractivity contribution in [1.82, 2.24) is 0 Å². The zero-order chi connectivity index (χ0) is 7.40. The minimum absolute atomic E-state index is 0.0389. The molecule has 0 aromatic carbocycles. The Morgan fingerprint density at radius 3 is 3.10 bits per heavy atom. The van der Waals surface area contributed by atoms with Gasteiger partial charge in [0.25, 0.3) is 0 Å². The van der Waals surface area contributed by atoms with Crippen LogP contribution < -0.4 is 0 Å². The van der Waals surface area contributed by atoms with Crippen LogP contribution in [0.3, 0.4) is 0 Å². The van der Waals surface area contributed by atoms with Gasteiger partial charge in [-0.1, -0.05) is 0 Å². The fourth-order valence-electron chi connectivity index (χ4n) is 0.439. The minimum atomic E-state index is -0.669. The average Bonchev–Trinajstić information content (AvgIpc) is 2.67.